The Hall–Kier alpha value is -4.29. The van der Waals surface area contributed by atoms with Gasteiger partial charge in [0, 0.05) is 34.8 Å². The maximum absolute atomic E-state index is 13.4. The van der Waals surface area contributed by atoms with Gasteiger partial charge in [-0.25, -0.2) is 4.79 Å². The Morgan fingerprint density at radius 2 is 1.65 bits per heavy atom. The molecule has 0 saturated carbocycles. The van der Waals surface area contributed by atoms with Crippen molar-refractivity contribution < 1.29 is 19.0 Å². The van der Waals surface area contributed by atoms with Crippen molar-refractivity contribution in [2.75, 3.05) is 17.2 Å². The summed E-state index contributed by atoms with van der Waals surface area (Å²) in [6, 6.07) is 29.5. The van der Waals surface area contributed by atoms with Crippen LogP contribution in [0.1, 0.15) is 66.6 Å². The zero-order valence-corrected chi connectivity index (χ0v) is 22.9. The first-order valence-corrected chi connectivity index (χ1v) is 14.1. The molecule has 40 heavy (non-hydrogen) atoms. The van der Waals surface area contributed by atoms with E-state index in [1.807, 2.05) is 97.9 Å². The normalized spacial score (nSPS) is 17.3. The number of hydrogen-bond donors (Lipinski definition) is 2. The van der Waals surface area contributed by atoms with Crippen LogP contribution in [0, 0.1) is 0 Å². The van der Waals surface area contributed by atoms with Crippen LogP contribution in [-0.4, -0.2) is 18.8 Å². The number of carbonyl (C=O) groups is 1. The summed E-state index contributed by atoms with van der Waals surface area (Å²) in [5.41, 5.74) is 4.38. The molecule has 1 spiro atoms. The predicted molar refractivity (Wildman–Crippen MR) is 158 cm³/mol. The summed E-state index contributed by atoms with van der Waals surface area (Å²) >= 11 is 0. The molecule has 4 aromatic carbocycles. The second-order valence-corrected chi connectivity index (χ2v) is 10.2. The standard InChI is InChI=1S/C34H34N2O4/c1-3-5-7-19-31(38-4-2)36-28-17-12-18-30-32(28)34(26-16-11-10-15-25(26)33(37)40-34)27-22-24(20-21-29(27)39-30)35-23-13-8-6-9-14-23/h6,8-18,20-22,31,35-36H,3-5,7,19H2,1-2H3. The highest BCUT2D eigenvalue weighted by molar-refractivity contribution is 5.97. The maximum atomic E-state index is 13.4. The molecular formula is C34H34N2O4. The van der Waals surface area contributed by atoms with Gasteiger partial charge < -0.3 is 24.8 Å². The molecule has 0 saturated heterocycles. The van der Waals surface area contributed by atoms with Gasteiger partial charge in [-0.2, -0.15) is 0 Å². The van der Waals surface area contributed by atoms with Crippen molar-refractivity contribution in [2.45, 2.75) is 51.4 Å². The highest BCUT2D eigenvalue weighted by Crippen LogP contribution is 2.58. The van der Waals surface area contributed by atoms with Crippen LogP contribution in [0.15, 0.2) is 91.0 Å². The third-order valence-corrected chi connectivity index (χ3v) is 7.55. The first kappa shape index (κ1) is 26.0. The van der Waals surface area contributed by atoms with Gasteiger partial charge in [0.15, 0.2) is 5.60 Å². The van der Waals surface area contributed by atoms with Crippen LogP contribution in [0.2, 0.25) is 0 Å². The van der Waals surface area contributed by atoms with Crippen molar-refractivity contribution in [2.24, 2.45) is 0 Å². The molecule has 0 bridgehead atoms. The summed E-state index contributed by atoms with van der Waals surface area (Å²) in [5, 5.41) is 7.12. The number of anilines is 3. The van der Waals surface area contributed by atoms with Gasteiger partial charge in [0.1, 0.15) is 17.7 Å². The molecule has 0 aliphatic carbocycles. The first-order valence-electron chi connectivity index (χ1n) is 14.1. The molecule has 204 valence electrons. The van der Waals surface area contributed by atoms with Crippen molar-refractivity contribution in [1.82, 2.24) is 0 Å². The molecule has 0 radical (unpaired) electrons. The fourth-order valence-electron chi connectivity index (χ4n) is 5.77. The van der Waals surface area contributed by atoms with Gasteiger partial charge in [0.25, 0.3) is 0 Å². The molecule has 6 heteroatoms. The molecule has 2 aliphatic rings. The smallest absolute Gasteiger partial charge is 0.340 e. The van der Waals surface area contributed by atoms with E-state index in [2.05, 4.69) is 17.6 Å². The van der Waals surface area contributed by atoms with Gasteiger partial charge in [-0.15, -0.1) is 0 Å². The van der Waals surface area contributed by atoms with Crippen LogP contribution in [0.25, 0.3) is 0 Å². The number of hydrogen-bond acceptors (Lipinski definition) is 6. The topological polar surface area (TPSA) is 68.8 Å². The van der Waals surface area contributed by atoms with Crippen molar-refractivity contribution in [1.29, 1.82) is 0 Å². The second kappa shape index (κ2) is 11.1. The lowest BCUT2D eigenvalue weighted by atomic mass is 9.76. The zero-order chi connectivity index (χ0) is 27.5. The lowest BCUT2D eigenvalue weighted by Gasteiger charge is -2.38. The monoisotopic (exact) mass is 534 g/mol. The van der Waals surface area contributed by atoms with Crippen molar-refractivity contribution in [3.8, 4) is 11.5 Å². The Morgan fingerprint density at radius 1 is 0.825 bits per heavy atom. The number of para-hydroxylation sites is 1. The van der Waals surface area contributed by atoms with Crippen LogP contribution in [0.5, 0.6) is 11.5 Å². The maximum Gasteiger partial charge on any atom is 0.340 e. The lowest BCUT2D eigenvalue weighted by molar-refractivity contribution is 0.0225. The van der Waals surface area contributed by atoms with Crippen LogP contribution in [0.3, 0.4) is 0 Å². The van der Waals surface area contributed by atoms with Crippen LogP contribution in [0.4, 0.5) is 17.1 Å². The summed E-state index contributed by atoms with van der Waals surface area (Å²) < 4.78 is 19.1. The van der Waals surface area contributed by atoms with E-state index in [1.165, 1.54) is 0 Å². The van der Waals surface area contributed by atoms with E-state index in [-0.39, 0.29) is 12.2 Å². The van der Waals surface area contributed by atoms with Gasteiger partial charge in [0.05, 0.1) is 11.1 Å². The zero-order valence-electron chi connectivity index (χ0n) is 22.9. The molecule has 2 aliphatic heterocycles. The van der Waals surface area contributed by atoms with Crippen molar-refractivity contribution in [3.05, 3.63) is 113 Å². The summed E-state index contributed by atoms with van der Waals surface area (Å²) in [6.45, 7) is 4.80. The number of fused-ring (bicyclic) bond motifs is 6. The predicted octanol–water partition coefficient (Wildman–Crippen LogP) is 8.35. The molecule has 0 fully saturated rings. The molecule has 2 unspecified atom stereocenters. The summed E-state index contributed by atoms with van der Waals surface area (Å²) in [4.78, 5) is 13.4. The molecule has 6 nitrogen and oxygen atoms in total. The highest BCUT2D eigenvalue weighted by atomic mass is 16.6. The van der Waals surface area contributed by atoms with Gasteiger partial charge in [-0.05, 0) is 68.3 Å². The van der Waals surface area contributed by atoms with E-state index in [4.69, 9.17) is 14.2 Å². The number of ether oxygens (including phenoxy) is 3. The molecule has 0 amide bonds. The summed E-state index contributed by atoms with van der Waals surface area (Å²) in [7, 11) is 0. The molecule has 2 heterocycles. The average molecular weight is 535 g/mol. The van der Waals surface area contributed by atoms with E-state index in [1.54, 1.807) is 0 Å². The SMILES string of the molecule is CCCCCC(Nc1cccc2c1C1(OC(=O)c3ccccc31)c1cc(Nc3ccccc3)ccc1O2)OCC. The second-order valence-electron chi connectivity index (χ2n) is 10.2. The Labute approximate surface area is 235 Å². The van der Waals surface area contributed by atoms with Gasteiger partial charge in [-0.3, -0.25) is 0 Å². The fourth-order valence-corrected chi connectivity index (χ4v) is 5.77. The summed E-state index contributed by atoms with van der Waals surface area (Å²) in [5.74, 6) is 0.946. The molecule has 4 aromatic rings. The Balaban J connectivity index is 1.51. The molecule has 2 N–H and O–H groups in total. The number of nitrogens with one attached hydrogen (secondary N) is 2. The number of rotatable bonds is 10. The van der Waals surface area contributed by atoms with Gasteiger partial charge >= 0.3 is 5.97 Å². The van der Waals surface area contributed by atoms with Gasteiger partial charge in [0.2, 0.25) is 0 Å². The van der Waals surface area contributed by atoms with E-state index in [0.29, 0.717) is 23.7 Å². The van der Waals surface area contributed by atoms with Crippen molar-refractivity contribution in [3.63, 3.8) is 0 Å². The Kier molecular flexibility index (Phi) is 7.18. The number of benzene rings is 4. The van der Waals surface area contributed by atoms with Crippen LogP contribution >= 0.6 is 0 Å². The average Bonchev–Trinajstić information content (AvgIpc) is 3.27. The lowest BCUT2D eigenvalue weighted by Crippen LogP contribution is -2.35. The molecule has 0 aromatic heterocycles. The van der Waals surface area contributed by atoms with E-state index in [0.717, 1.165) is 59.4 Å². The van der Waals surface area contributed by atoms with Crippen molar-refractivity contribution >= 4 is 23.0 Å². The number of carbonyl (C=O) groups excluding carboxylic acids is 1. The van der Waals surface area contributed by atoms with Crippen LogP contribution < -0.4 is 15.4 Å². The largest absolute Gasteiger partial charge is 0.456 e. The summed E-state index contributed by atoms with van der Waals surface area (Å²) in [6.07, 6.45) is 4.03. The minimum absolute atomic E-state index is 0.181. The third kappa shape index (κ3) is 4.58. The third-order valence-electron chi connectivity index (χ3n) is 7.55. The molecule has 6 rings (SSSR count). The molecular weight excluding hydrogens is 500 g/mol. The minimum Gasteiger partial charge on any atom is -0.456 e. The molecule has 2 atom stereocenters. The quantitative estimate of drug-likeness (QED) is 0.121. The minimum atomic E-state index is -1.19. The van der Waals surface area contributed by atoms with E-state index >= 15 is 0 Å². The van der Waals surface area contributed by atoms with Crippen LogP contribution in [-0.2, 0) is 15.1 Å². The van der Waals surface area contributed by atoms with E-state index < -0.39 is 5.60 Å². The van der Waals surface area contributed by atoms with Gasteiger partial charge in [-0.1, -0.05) is 62.2 Å². The Bertz CT molecular complexity index is 1520. The first-order chi connectivity index (χ1) is 19.6. The van der Waals surface area contributed by atoms with E-state index in [9.17, 15) is 4.79 Å². The number of esters is 1. The fraction of sp³-hybridized carbons (Fsp3) is 0.265. The Morgan fingerprint density at radius 3 is 2.48 bits per heavy atom. The number of unbranched alkanes of at least 4 members (excludes halogenated alkanes) is 2. The highest BCUT2D eigenvalue weighted by Gasteiger charge is 2.54.